The van der Waals surface area contributed by atoms with E-state index in [0.29, 0.717) is 29.2 Å². The zero-order chi connectivity index (χ0) is 23.2. The molecule has 1 aliphatic heterocycles. The maximum atomic E-state index is 13.4. The smallest absolute Gasteiger partial charge is 0.335 e. The van der Waals surface area contributed by atoms with Gasteiger partial charge in [0.05, 0.1) is 18.1 Å². The minimum Gasteiger partial charge on any atom is -0.496 e. The Kier molecular flexibility index (Phi) is 5.08. The number of fused-ring (bicyclic) bond motifs is 1. The standard InChI is InChI=1S/C27H24O6.H2/c1-16-3-4-17(11-20(16)21-13-18(26(29)30)5-7-22(21)31-2)12-25(28)27(9-10-27)19-6-8-23-24(14-19)33-15-32-23;/h3-8,11,13-14H,9-10,12,15H2,1-2H3,(H,29,30);1H. The number of ketones is 1. The molecule has 0 radical (unpaired) electrons. The van der Waals surface area contributed by atoms with Crippen LogP contribution in [0.5, 0.6) is 17.2 Å². The largest absolute Gasteiger partial charge is 0.496 e. The Morgan fingerprint density at radius 3 is 2.52 bits per heavy atom. The van der Waals surface area contributed by atoms with Gasteiger partial charge in [0.1, 0.15) is 11.5 Å². The molecule has 0 unspecified atom stereocenters. The summed E-state index contributed by atoms with van der Waals surface area (Å²) in [5.74, 6) is 1.16. The van der Waals surface area contributed by atoms with E-state index < -0.39 is 11.4 Å². The van der Waals surface area contributed by atoms with Crippen LogP contribution in [0.2, 0.25) is 0 Å². The topological polar surface area (TPSA) is 82.1 Å². The summed E-state index contributed by atoms with van der Waals surface area (Å²) in [6.45, 7) is 2.17. The van der Waals surface area contributed by atoms with Gasteiger partial charge in [-0.1, -0.05) is 24.3 Å². The first-order valence-corrected chi connectivity index (χ1v) is 10.9. The highest BCUT2D eigenvalue weighted by Crippen LogP contribution is 2.51. The van der Waals surface area contributed by atoms with Gasteiger partial charge >= 0.3 is 5.97 Å². The first-order chi connectivity index (χ1) is 15.9. The molecule has 1 fully saturated rings. The Hall–Kier alpha value is -3.80. The zero-order valence-electron chi connectivity index (χ0n) is 18.5. The lowest BCUT2D eigenvalue weighted by Crippen LogP contribution is -2.22. The number of benzene rings is 3. The summed E-state index contributed by atoms with van der Waals surface area (Å²) < 4.78 is 16.4. The van der Waals surface area contributed by atoms with Gasteiger partial charge in [-0.25, -0.2) is 4.79 Å². The zero-order valence-corrected chi connectivity index (χ0v) is 18.5. The van der Waals surface area contributed by atoms with E-state index in [4.69, 9.17) is 14.2 Å². The van der Waals surface area contributed by atoms with Crippen LogP contribution < -0.4 is 14.2 Å². The van der Waals surface area contributed by atoms with Crippen LogP contribution in [-0.2, 0) is 16.6 Å². The second-order valence-corrected chi connectivity index (χ2v) is 8.62. The number of Topliss-reactive ketones (excluding diaryl/α,β-unsaturated/α-hetero) is 1. The van der Waals surface area contributed by atoms with Crippen LogP contribution in [0.4, 0.5) is 0 Å². The normalized spacial score (nSPS) is 15.2. The maximum Gasteiger partial charge on any atom is 0.335 e. The number of carbonyl (C=O) groups is 2. The van der Waals surface area contributed by atoms with Gasteiger partial charge in [0.15, 0.2) is 11.5 Å². The fraction of sp³-hybridized carbons (Fsp3) is 0.259. The van der Waals surface area contributed by atoms with Gasteiger partial charge in [-0.15, -0.1) is 0 Å². The van der Waals surface area contributed by atoms with Gasteiger partial charge in [-0.2, -0.15) is 0 Å². The van der Waals surface area contributed by atoms with Crippen molar-refractivity contribution in [1.82, 2.24) is 0 Å². The first-order valence-electron chi connectivity index (χ1n) is 10.9. The summed E-state index contributed by atoms with van der Waals surface area (Å²) in [6.07, 6.45) is 1.93. The number of carbonyl (C=O) groups excluding carboxylic acids is 1. The van der Waals surface area contributed by atoms with Crippen LogP contribution in [0.1, 0.15) is 41.3 Å². The van der Waals surface area contributed by atoms with Crippen molar-refractivity contribution in [1.29, 1.82) is 0 Å². The van der Waals surface area contributed by atoms with Crippen LogP contribution >= 0.6 is 0 Å². The lowest BCUT2D eigenvalue weighted by atomic mass is 9.86. The van der Waals surface area contributed by atoms with Gasteiger partial charge in [0.25, 0.3) is 0 Å². The van der Waals surface area contributed by atoms with Crippen molar-refractivity contribution >= 4 is 11.8 Å². The molecule has 0 aromatic heterocycles. The molecule has 1 heterocycles. The molecular weight excluding hydrogens is 420 g/mol. The number of hydrogen-bond donors (Lipinski definition) is 1. The van der Waals surface area contributed by atoms with Crippen molar-refractivity contribution < 1.29 is 30.3 Å². The third-order valence-electron chi connectivity index (χ3n) is 6.61. The second kappa shape index (κ2) is 7.96. The summed E-state index contributed by atoms with van der Waals surface area (Å²) in [5, 5.41) is 9.42. The van der Waals surface area contributed by atoms with E-state index in [0.717, 1.165) is 35.1 Å². The van der Waals surface area contributed by atoms with E-state index in [1.54, 1.807) is 19.2 Å². The maximum absolute atomic E-state index is 13.4. The van der Waals surface area contributed by atoms with Gasteiger partial charge in [0, 0.05) is 13.4 Å². The summed E-state index contributed by atoms with van der Waals surface area (Å²) in [6, 6.07) is 16.4. The molecule has 1 N–H and O–H groups in total. The molecule has 0 saturated heterocycles. The number of hydrogen-bond acceptors (Lipinski definition) is 5. The lowest BCUT2D eigenvalue weighted by molar-refractivity contribution is -0.120. The number of aryl methyl sites for hydroxylation is 1. The van der Waals surface area contributed by atoms with Crippen LogP contribution in [0.25, 0.3) is 11.1 Å². The molecule has 0 atom stereocenters. The molecule has 170 valence electrons. The van der Waals surface area contributed by atoms with Gasteiger partial charge in [-0.3, -0.25) is 4.79 Å². The molecule has 6 heteroatoms. The fourth-order valence-electron chi connectivity index (χ4n) is 4.52. The number of carboxylic acids is 1. The average molecular weight is 446 g/mol. The molecular formula is C27H26O6. The van der Waals surface area contributed by atoms with Gasteiger partial charge in [0.2, 0.25) is 6.79 Å². The van der Waals surface area contributed by atoms with Gasteiger partial charge in [-0.05, 0) is 72.4 Å². The highest BCUT2D eigenvalue weighted by Gasteiger charge is 2.50. The fourth-order valence-corrected chi connectivity index (χ4v) is 4.52. The van der Waals surface area contributed by atoms with Crippen molar-refractivity contribution in [3.63, 3.8) is 0 Å². The molecule has 3 aromatic rings. The van der Waals surface area contributed by atoms with E-state index in [9.17, 15) is 14.7 Å². The number of rotatable bonds is 7. The Balaban J connectivity index is 0.00000274. The van der Waals surface area contributed by atoms with Crippen molar-refractivity contribution in [3.8, 4) is 28.4 Å². The van der Waals surface area contributed by atoms with Crippen LogP contribution in [0.3, 0.4) is 0 Å². The first kappa shape index (κ1) is 21.1. The van der Waals surface area contributed by atoms with Crippen molar-refractivity contribution in [3.05, 3.63) is 76.9 Å². The monoisotopic (exact) mass is 446 g/mol. The summed E-state index contributed by atoms with van der Waals surface area (Å²) in [7, 11) is 1.56. The Morgan fingerprint density at radius 2 is 1.79 bits per heavy atom. The average Bonchev–Trinajstić information content (AvgIpc) is 3.50. The minimum atomic E-state index is -0.998. The Morgan fingerprint density at radius 1 is 1.00 bits per heavy atom. The predicted octanol–water partition coefficient (Wildman–Crippen LogP) is 5.19. The third kappa shape index (κ3) is 3.71. The Labute approximate surface area is 193 Å². The summed E-state index contributed by atoms with van der Waals surface area (Å²) in [5.41, 5.74) is 4.09. The summed E-state index contributed by atoms with van der Waals surface area (Å²) in [4.78, 5) is 24.9. The quantitative estimate of drug-likeness (QED) is 0.538. The molecule has 6 nitrogen and oxygen atoms in total. The van der Waals surface area contributed by atoms with Crippen LogP contribution in [0.15, 0.2) is 54.6 Å². The number of aromatic carboxylic acids is 1. The van der Waals surface area contributed by atoms with Crippen LogP contribution in [0, 0.1) is 6.92 Å². The van der Waals surface area contributed by atoms with E-state index in [-0.39, 0.29) is 19.6 Å². The molecule has 33 heavy (non-hydrogen) atoms. The molecule has 1 aliphatic carbocycles. The molecule has 3 aromatic carbocycles. The molecule has 0 spiro atoms. The van der Waals surface area contributed by atoms with Crippen molar-refractivity contribution in [2.24, 2.45) is 0 Å². The van der Waals surface area contributed by atoms with Crippen molar-refractivity contribution in [2.75, 3.05) is 13.9 Å². The molecule has 0 amide bonds. The molecule has 1 saturated carbocycles. The third-order valence-corrected chi connectivity index (χ3v) is 6.61. The van der Waals surface area contributed by atoms with E-state index in [1.807, 2.05) is 43.3 Å². The predicted molar refractivity (Wildman–Crippen MR) is 124 cm³/mol. The van der Waals surface area contributed by atoms with Gasteiger partial charge < -0.3 is 19.3 Å². The minimum absolute atomic E-state index is 0. The molecule has 5 rings (SSSR count). The van der Waals surface area contributed by atoms with E-state index >= 15 is 0 Å². The second-order valence-electron chi connectivity index (χ2n) is 8.62. The lowest BCUT2D eigenvalue weighted by Gasteiger charge is -2.17. The Bertz CT molecular complexity index is 1280. The molecule has 0 bridgehead atoms. The number of methoxy groups -OCH3 is 1. The number of carboxylic acid groups (broad SMARTS) is 1. The van der Waals surface area contributed by atoms with Crippen molar-refractivity contribution in [2.45, 2.75) is 31.6 Å². The van der Waals surface area contributed by atoms with E-state index in [1.165, 1.54) is 6.07 Å². The highest BCUT2D eigenvalue weighted by molar-refractivity contribution is 5.95. The van der Waals surface area contributed by atoms with E-state index in [2.05, 4.69) is 0 Å². The SMILES string of the molecule is COc1ccc(C(=O)O)cc1-c1cc(CC(=O)C2(c3ccc4c(c3)OCO4)CC2)ccc1C.[HH]. The number of ether oxygens (including phenoxy) is 3. The molecule has 2 aliphatic rings. The van der Waals surface area contributed by atoms with Crippen LogP contribution in [-0.4, -0.2) is 30.8 Å². The highest BCUT2D eigenvalue weighted by atomic mass is 16.7. The summed E-state index contributed by atoms with van der Waals surface area (Å²) >= 11 is 0.